The topological polar surface area (TPSA) is 17.8 Å². The molecule has 0 aliphatic carbocycles. The van der Waals surface area contributed by atoms with Crippen molar-refractivity contribution < 1.29 is 13.2 Å². The molecule has 1 aromatic heterocycles. The lowest BCUT2D eigenvalue weighted by Gasteiger charge is -2.07. The normalized spacial score (nSPS) is 12.5. The van der Waals surface area contributed by atoms with Crippen molar-refractivity contribution in [1.82, 2.24) is 9.78 Å². The molecule has 0 radical (unpaired) electrons. The van der Waals surface area contributed by atoms with Gasteiger partial charge in [-0.05, 0) is 12.0 Å². The average Bonchev–Trinajstić information content (AvgIpc) is 2.45. The molecule has 0 unspecified atom stereocenters. The van der Waals surface area contributed by atoms with E-state index >= 15 is 0 Å². The molecular formula is C9H12ClF3N2. The molecule has 0 aromatic carbocycles. The first-order valence-electron chi connectivity index (χ1n) is 4.54. The van der Waals surface area contributed by atoms with E-state index in [1.54, 1.807) is 0 Å². The Labute approximate surface area is 91.0 Å². The van der Waals surface area contributed by atoms with Crippen LogP contribution >= 0.6 is 11.6 Å². The molecule has 0 spiro atoms. The third kappa shape index (κ3) is 3.12. The molecule has 0 N–H and O–H groups in total. The number of hydrogen-bond acceptors (Lipinski definition) is 1. The van der Waals surface area contributed by atoms with Gasteiger partial charge in [-0.2, -0.15) is 18.3 Å². The molecule has 86 valence electrons. The van der Waals surface area contributed by atoms with Crippen molar-refractivity contribution in [2.75, 3.05) is 0 Å². The van der Waals surface area contributed by atoms with Gasteiger partial charge in [0.15, 0.2) is 5.69 Å². The third-order valence-electron chi connectivity index (χ3n) is 1.83. The Kier molecular flexibility index (Phi) is 3.65. The van der Waals surface area contributed by atoms with Crippen LogP contribution in [0.25, 0.3) is 0 Å². The van der Waals surface area contributed by atoms with Gasteiger partial charge in [0.2, 0.25) is 0 Å². The van der Waals surface area contributed by atoms with E-state index in [0.29, 0.717) is 12.2 Å². The smallest absolute Gasteiger partial charge is 0.268 e. The lowest BCUT2D eigenvalue weighted by atomic mass is 10.2. The van der Waals surface area contributed by atoms with Crippen LogP contribution < -0.4 is 0 Å². The summed E-state index contributed by atoms with van der Waals surface area (Å²) in [5.74, 6) is 0.267. The van der Waals surface area contributed by atoms with Gasteiger partial charge >= 0.3 is 6.18 Å². The van der Waals surface area contributed by atoms with Gasteiger partial charge in [-0.1, -0.05) is 13.8 Å². The minimum atomic E-state index is -4.40. The fourth-order valence-electron chi connectivity index (χ4n) is 1.21. The molecule has 0 fully saturated rings. The second kappa shape index (κ2) is 4.43. The molecule has 0 atom stereocenters. The summed E-state index contributed by atoms with van der Waals surface area (Å²) in [7, 11) is 0. The number of alkyl halides is 4. The Morgan fingerprint density at radius 1 is 1.47 bits per heavy atom. The zero-order chi connectivity index (χ0) is 11.6. The summed E-state index contributed by atoms with van der Waals surface area (Å²) in [6.07, 6.45) is -4.40. The molecule has 2 nitrogen and oxygen atoms in total. The van der Waals surface area contributed by atoms with Crippen LogP contribution in [0, 0.1) is 5.92 Å². The number of rotatable bonds is 3. The molecule has 1 aromatic rings. The highest BCUT2D eigenvalue weighted by Gasteiger charge is 2.34. The van der Waals surface area contributed by atoms with Gasteiger partial charge < -0.3 is 0 Å². The van der Waals surface area contributed by atoms with Crippen LogP contribution in [-0.2, 0) is 18.6 Å². The second-order valence-electron chi connectivity index (χ2n) is 3.73. The van der Waals surface area contributed by atoms with E-state index in [1.807, 2.05) is 13.8 Å². The highest BCUT2D eigenvalue weighted by molar-refractivity contribution is 6.16. The van der Waals surface area contributed by atoms with Gasteiger partial charge in [-0.3, -0.25) is 4.68 Å². The van der Waals surface area contributed by atoms with Crippen molar-refractivity contribution in [1.29, 1.82) is 0 Å². The Balaban J connectivity index is 3.00. The van der Waals surface area contributed by atoms with Gasteiger partial charge in [-0.15, -0.1) is 11.6 Å². The largest absolute Gasteiger partial charge is 0.435 e. The van der Waals surface area contributed by atoms with Crippen molar-refractivity contribution in [3.05, 3.63) is 17.5 Å². The molecule has 0 saturated carbocycles. The Morgan fingerprint density at radius 3 is 2.47 bits per heavy atom. The van der Waals surface area contributed by atoms with E-state index in [0.717, 1.165) is 6.07 Å². The van der Waals surface area contributed by atoms with Gasteiger partial charge in [0.05, 0.1) is 11.6 Å². The molecule has 0 aliphatic heterocycles. The van der Waals surface area contributed by atoms with Crippen LogP contribution in [0.1, 0.15) is 25.2 Å². The summed E-state index contributed by atoms with van der Waals surface area (Å²) in [5, 5.41) is 3.50. The maximum atomic E-state index is 12.3. The van der Waals surface area contributed by atoms with Crippen LogP contribution in [0.2, 0.25) is 0 Å². The summed E-state index contributed by atoms with van der Waals surface area (Å²) in [4.78, 5) is 0. The lowest BCUT2D eigenvalue weighted by molar-refractivity contribution is -0.141. The quantitative estimate of drug-likeness (QED) is 0.742. The Bertz CT molecular complexity index is 331. The van der Waals surface area contributed by atoms with Crippen molar-refractivity contribution in [3.8, 4) is 0 Å². The first kappa shape index (κ1) is 12.4. The zero-order valence-electron chi connectivity index (χ0n) is 8.48. The van der Waals surface area contributed by atoms with Gasteiger partial charge in [-0.25, -0.2) is 0 Å². The molecule has 0 saturated heterocycles. The van der Waals surface area contributed by atoms with Gasteiger partial charge in [0, 0.05) is 6.54 Å². The predicted molar refractivity (Wildman–Crippen MR) is 51.6 cm³/mol. The summed E-state index contributed by atoms with van der Waals surface area (Å²) >= 11 is 5.55. The molecule has 1 rings (SSSR count). The maximum Gasteiger partial charge on any atom is 0.435 e. The number of nitrogens with zero attached hydrogens (tertiary/aromatic N) is 2. The highest BCUT2D eigenvalue weighted by atomic mass is 35.5. The summed E-state index contributed by atoms with van der Waals surface area (Å²) in [5.41, 5.74) is -0.475. The van der Waals surface area contributed by atoms with Gasteiger partial charge in [0.25, 0.3) is 0 Å². The van der Waals surface area contributed by atoms with E-state index in [-0.39, 0.29) is 11.8 Å². The Morgan fingerprint density at radius 2 is 2.07 bits per heavy atom. The van der Waals surface area contributed by atoms with Crippen LogP contribution in [0.15, 0.2) is 6.07 Å². The van der Waals surface area contributed by atoms with Crippen molar-refractivity contribution >= 4 is 11.6 Å². The first-order chi connectivity index (χ1) is 6.84. The van der Waals surface area contributed by atoms with E-state index in [1.165, 1.54) is 4.68 Å². The highest BCUT2D eigenvalue weighted by Crippen LogP contribution is 2.29. The SMILES string of the molecule is CC(C)Cn1nc(C(F)(F)F)cc1CCl. The van der Waals surface area contributed by atoms with Crippen LogP contribution in [0.5, 0.6) is 0 Å². The van der Waals surface area contributed by atoms with Crippen molar-refractivity contribution in [2.24, 2.45) is 5.92 Å². The molecule has 15 heavy (non-hydrogen) atoms. The van der Waals surface area contributed by atoms with E-state index in [9.17, 15) is 13.2 Å². The molecule has 0 amide bonds. The third-order valence-corrected chi connectivity index (χ3v) is 2.10. The van der Waals surface area contributed by atoms with Crippen LogP contribution in [0.3, 0.4) is 0 Å². The van der Waals surface area contributed by atoms with Crippen LogP contribution in [-0.4, -0.2) is 9.78 Å². The van der Waals surface area contributed by atoms with E-state index < -0.39 is 11.9 Å². The number of halogens is 4. The molecule has 0 bridgehead atoms. The molecular weight excluding hydrogens is 229 g/mol. The first-order valence-corrected chi connectivity index (χ1v) is 5.08. The summed E-state index contributed by atoms with van der Waals surface area (Å²) < 4.78 is 38.3. The zero-order valence-corrected chi connectivity index (χ0v) is 9.23. The summed E-state index contributed by atoms with van der Waals surface area (Å²) in [6.45, 7) is 4.26. The van der Waals surface area contributed by atoms with Crippen LogP contribution in [0.4, 0.5) is 13.2 Å². The fraction of sp³-hybridized carbons (Fsp3) is 0.667. The Hall–Kier alpha value is -0.710. The fourth-order valence-corrected chi connectivity index (χ4v) is 1.42. The molecule has 6 heteroatoms. The van der Waals surface area contributed by atoms with E-state index in [4.69, 9.17) is 11.6 Å². The maximum absolute atomic E-state index is 12.3. The minimum absolute atomic E-state index is 0.0375. The minimum Gasteiger partial charge on any atom is -0.268 e. The van der Waals surface area contributed by atoms with E-state index in [2.05, 4.69) is 5.10 Å². The second-order valence-corrected chi connectivity index (χ2v) is 4.00. The summed E-state index contributed by atoms with van der Waals surface area (Å²) in [6, 6.07) is 0.995. The monoisotopic (exact) mass is 240 g/mol. The van der Waals surface area contributed by atoms with Crippen molar-refractivity contribution in [3.63, 3.8) is 0 Å². The lowest BCUT2D eigenvalue weighted by Crippen LogP contribution is -2.11. The standard InChI is InChI=1S/C9H12ClF3N2/c1-6(2)5-15-7(4-10)3-8(14-15)9(11,12)13/h3,6H,4-5H2,1-2H3. The van der Waals surface area contributed by atoms with Gasteiger partial charge in [0.1, 0.15) is 0 Å². The molecule has 0 aliphatic rings. The van der Waals surface area contributed by atoms with Crippen molar-refractivity contribution in [2.45, 2.75) is 32.4 Å². The number of hydrogen-bond donors (Lipinski definition) is 0. The predicted octanol–water partition coefficient (Wildman–Crippen LogP) is 3.30. The number of aromatic nitrogens is 2. The average molecular weight is 241 g/mol. The molecule has 1 heterocycles.